The third-order valence-electron chi connectivity index (χ3n) is 4.89. The number of likely N-dealkylation sites (tertiary alicyclic amines) is 1. The highest BCUT2D eigenvalue weighted by atomic mass is 127. The first-order valence-corrected chi connectivity index (χ1v) is 9.89. The van der Waals surface area contributed by atoms with Crippen molar-refractivity contribution in [1.82, 2.24) is 10.2 Å². The molecule has 112 valence electrons. The molecule has 20 heavy (non-hydrogen) atoms. The Labute approximate surface area is 140 Å². The molecule has 1 aromatic heterocycles. The van der Waals surface area contributed by atoms with E-state index in [1.807, 2.05) is 11.3 Å². The minimum absolute atomic E-state index is 0.628. The van der Waals surface area contributed by atoms with Gasteiger partial charge in [0.05, 0.1) is 2.88 Å². The van der Waals surface area contributed by atoms with Crippen LogP contribution in [0.25, 0.3) is 0 Å². The lowest BCUT2D eigenvalue weighted by Gasteiger charge is -2.32. The molecule has 1 atom stereocenters. The van der Waals surface area contributed by atoms with Crippen LogP contribution in [0.2, 0.25) is 0 Å². The van der Waals surface area contributed by atoms with Crippen LogP contribution in [-0.2, 0) is 6.42 Å². The van der Waals surface area contributed by atoms with Crippen molar-refractivity contribution in [2.45, 2.75) is 45.1 Å². The van der Waals surface area contributed by atoms with Crippen molar-refractivity contribution in [2.75, 3.05) is 26.2 Å². The molecule has 1 aliphatic carbocycles. The normalized spacial score (nSPS) is 24.8. The summed E-state index contributed by atoms with van der Waals surface area (Å²) in [6.45, 7) is 7.32. The molecular weight excluding hydrogens is 379 g/mol. The van der Waals surface area contributed by atoms with Crippen molar-refractivity contribution in [3.05, 3.63) is 19.4 Å². The van der Waals surface area contributed by atoms with Crippen LogP contribution in [0, 0.1) is 8.80 Å². The second-order valence-corrected chi connectivity index (χ2v) is 9.19. The Balaban J connectivity index is 1.52. The second kappa shape index (κ2) is 7.07. The van der Waals surface area contributed by atoms with E-state index in [9.17, 15) is 0 Å². The molecule has 2 nitrogen and oxygen atoms in total. The minimum Gasteiger partial charge on any atom is -0.310 e. The molecular formula is C16H25IN2S. The monoisotopic (exact) mass is 404 g/mol. The molecule has 1 fully saturated rings. The van der Waals surface area contributed by atoms with E-state index in [1.54, 1.807) is 10.4 Å². The molecule has 1 unspecified atom stereocenters. The van der Waals surface area contributed by atoms with Crippen LogP contribution in [0.5, 0.6) is 0 Å². The maximum Gasteiger partial charge on any atom is 0.0659 e. The highest BCUT2D eigenvalue weighted by Gasteiger charge is 2.24. The van der Waals surface area contributed by atoms with E-state index in [4.69, 9.17) is 0 Å². The van der Waals surface area contributed by atoms with E-state index in [0.29, 0.717) is 6.04 Å². The highest BCUT2D eigenvalue weighted by molar-refractivity contribution is 14.1. The third-order valence-corrected chi connectivity index (χ3v) is 6.86. The van der Waals surface area contributed by atoms with Gasteiger partial charge in [-0.1, -0.05) is 6.92 Å². The topological polar surface area (TPSA) is 15.3 Å². The number of halogens is 1. The van der Waals surface area contributed by atoms with Gasteiger partial charge in [0.2, 0.25) is 0 Å². The number of piperidine rings is 1. The lowest BCUT2D eigenvalue weighted by atomic mass is 9.92. The van der Waals surface area contributed by atoms with E-state index < -0.39 is 0 Å². The lowest BCUT2D eigenvalue weighted by molar-refractivity contribution is 0.186. The summed E-state index contributed by atoms with van der Waals surface area (Å²) in [4.78, 5) is 4.22. The summed E-state index contributed by atoms with van der Waals surface area (Å²) in [7, 11) is 0. The average Bonchev–Trinajstić information content (AvgIpc) is 2.86. The molecule has 0 radical (unpaired) electrons. The Morgan fingerprint density at radius 2 is 2.15 bits per heavy atom. The summed E-state index contributed by atoms with van der Waals surface area (Å²) in [6, 6.07) is 3.04. The van der Waals surface area contributed by atoms with Gasteiger partial charge in [-0.25, -0.2) is 0 Å². The van der Waals surface area contributed by atoms with Gasteiger partial charge in [-0.05, 0) is 98.4 Å². The largest absolute Gasteiger partial charge is 0.310 e. The Hall–Kier alpha value is 0.350. The summed E-state index contributed by atoms with van der Waals surface area (Å²) in [5.41, 5.74) is 1.61. The van der Waals surface area contributed by atoms with Crippen molar-refractivity contribution < 1.29 is 0 Å². The lowest BCUT2D eigenvalue weighted by Crippen LogP contribution is -2.38. The van der Waals surface area contributed by atoms with Gasteiger partial charge >= 0.3 is 0 Å². The fourth-order valence-corrected chi connectivity index (χ4v) is 5.67. The third kappa shape index (κ3) is 3.57. The summed E-state index contributed by atoms with van der Waals surface area (Å²) >= 11 is 4.47. The van der Waals surface area contributed by atoms with Crippen molar-refractivity contribution in [1.29, 1.82) is 0 Å². The fourth-order valence-electron chi connectivity index (χ4n) is 3.55. The highest BCUT2D eigenvalue weighted by Crippen LogP contribution is 2.36. The van der Waals surface area contributed by atoms with Crippen molar-refractivity contribution >= 4 is 33.9 Å². The van der Waals surface area contributed by atoms with Crippen LogP contribution in [-0.4, -0.2) is 31.1 Å². The molecule has 0 saturated carbocycles. The Morgan fingerprint density at radius 3 is 2.90 bits per heavy atom. The molecule has 1 N–H and O–H groups in total. The molecule has 0 aromatic carbocycles. The van der Waals surface area contributed by atoms with Gasteiger partial charge < -0.3 is 10.2 Å². The van der Waals surface area contributed by atoms with E-state index in [2.05, 4.69) is 45.8 Å². The smallest absolute Gasteiger partial charge is 0.0659 e. The first-order valence-electron chi connectivity index (χ1n) is 8.00. The molecule has 1 aromatic rings. The standard InChI is InChI=1S/C16H25IN2S/c1-2-19-8-6-12(7-9-19)11-18-14-4-3-5-15-13(14)10-16(17)20-15/h10,12,14,18H,2-9,11H2,1H3. The zero-order valence-corrected chi connectivity index (χ0v) is 15.3. The number of hydrogen-bond donors (Lipinski definition) is 1. The van der Waals surface area contributed by atoms with Gasteiger partial charge in [0.25, 0.3) is 0 Å². The molecule has 2 heterocycles. The van der Waals surface area contributed by atoms with Gasteiger partial charge in [-0.15, -0.1) is 11.3 Å². The van der Waals surface area contributed by atoms with Gasteiger partial charge in [-0.3, -0.25) is 0 Å². The van der Waals surface area contributed by atoms with Gasteiger partial charge in [0, 0.05) is 10.9 Å². The number of fused-ring (bicyclic) bond motifs is 1. The molecule has 4 heteroatoms. The molecule has 0 spiro atoms. The van der Waals surface area contributed by atoms with E-state index in [1.165, 1.54) is 61.2 Å². The van der Waals surface area contributed by atoms with Crippen LogP contribution < -0.4 is 5.32 Å². The van der Waals surface area contributed by atoms with Crippen molar-refractivity contribution in [3.8, 4) is 0 Å². The molecule has 1 aliphatic heterocycles. The van der Waals surface area contributed by atoms with E-state index in [0.717, 1.165) is 5.92 Å². The first-order chi connectivity index (χ1) is 9.76. The van der Waals surface area contributed by atoms with Crippen LogP contribution >= 0.6 is 33.9 Å². The number of aryl methyl sites for hydroxylation is 1. The number of hydrogen-bond acceptors (Lipinski definition) is 3. The number of thiophene rings is 1. The summed E-state index contributed by atoms with van der Waals surface area (Å²) in [5.74, 6) is 0.890. The first kappa shape index (κ1) is 15.3. The summed E-state index contributed by atoms with van der Waals surface area (Å²) < 4.78 is 1.46. The van der Waals surface area contributed by atoms with Crippen LogP contribution in [0.4, 0.5) is 0 Å². The molecule has 3 rings (SSSR count). The Bertz CT molecular complexity index is 438. The Morgan fingerprint density at radius 1 is 1.35 bits per heavy atom. The minimum atomic E-state index is 0.628. The zero-order valence-electron chi connectivity index (χ0n) is 12.3. The predicted octanol–water partition coefficient (Wildman–Crippen LogP) is 4.05. The van der Waals surface area contributed by atoms with E-state index in [-0.39, 0.29) is 0 Å². The zero-order chi connectivity index (χ0) is 13.9. The van der Waals surface area contributed by atoms with Crippen LogP contribution in [0.15, 0.2) is 6.07 Å². The SMILES string of the molecule is CCN1CCC(CNC2CCCc3sc(I)cc32)CC1. The second-order valence-electron chi connectivity index (χ2n) is 6.16. The van der Waals surface area contributed by atoms with Crippen LogP contribution in [0.3, 0.4) is 0 Å². The quantitative estimate of drug-likeness (QED) is 0.762. The van der Waals surface area contributed by atoms with Crippen molar-refractivity contribution in [3.63, 3.8) is 0 Å². The van der Waals surface area contributed by atoms with Crippen molar-refractivity contribution in [2.24, 2.45) is 5.92 Å². The summed E-state index contributed by atoms with van der Waals surface area (Å²) in [6.07, 6.45) is 6.74. The number of nitrogens with one attached hydrogen (secondary N) is 1. The maximum atomic E-state index is 3.88. The van der Waals surface area contributed by atoms with Gasteiger partial charge in [0.1, 0.15) is 0 Å². The van der Waals surface area contributed by atoms with Crippen LogP contribution in [0.1, 0.15) is 49.1 Å². The maximum absolute atomic E-state index is 3.88. The summed E-state index contributed by atoms with van der Waals surface area (Å²) in [5, 5.41) is 3.88. The molecule has 1 saturated heterocycles. The number of nitrogens with zero attached hydrogens (tertiary/aromatic N) is 1. The molecule has 0 amide bonds. The van der Waals surface area contributed by atoms with E-state index >= 15 is 0 Å². The predicted molar refractivity (Wildman–Crippen MR) is 95.6 cm³/mol. The molecule has 2 aliphatic rings. The van der Waals surface area contributed by atoms with Gasteiger partial charge in [-0.2, -0.15) is 0 Å². The molecule has 0 bridgehead atoms. The van der Waals surface area contributed by atoms with Gasteiger partial charge in [0.15, 0.2) is 0 Å². The average molecular weight is 404 g/mol. The fraction of sp³-hybridized carbons (Fsp3) is 0.750. The number of rotatable bonds is 4. The Kier molecular flexibility index (Phi) is 5.39.